The lowest BCUT2D eigenvalue weighted by Gasteiger charge is -2.37. The summed E-state index contributed by atoms with van der Waals surface area (Å²) in [5, 5.41) is 1.91. The van der Waals surface area contributed by atoms with E-state index in [1.165, 1.54) is 17.8 Å². The third kappa shape index (κ3) is 2.11. The highest BCUT2D eigenvalue weighted by Crippen LogP contribution is 2.31. The zero-order chi connectivity index (χ0) is 11.8. The summed E-state index contributed by atoms with van der Waals surface area (Å²) in [5.41, 5.74) is 0. The van der Waals surface area contributed by atoms with Crippen molar-refractivity contribution in [3.63, 3.8) is 0 Å². The normalized spacial score (nSPS) is 28.2. The molecule has 2 fully saturated rings. The number of hydrogen-bond donors (Lipinski definition) is 1. The lowest BCUT2D eigenvalue weighted by Crippen LogP contribution is -2.51. The maximum atomic E-state index is 12.4. The first-order valence-electron chi connectivity index (χ1n) is 5.96. The van der Waals surface area contributed by atoms with Crippen molar-refractivity contribution >= 4 is 29.9 Å². The van der Waals surface area contributed by atoms with Crippen molar-refractivity contribution in [1.29, 1.82) is 0 Å². The number of carbonyl (C=O) groups excluding carboxylic acids is 1. The standard InChI is InChI=1S/C12H15NO2S2/c14-12(11-6-8(16)7-17-11)13-4-5-15-10-3-1-2-9(10)13/h6-7,9-10,16H,1-5H2. The van der Waals surface area contributed by atoms with E-state index in [0.29, 0.717) is 12.6 Å². The van der Waals surface area contributed by atoms with Gasteiger partial charge in [-0.15, -0.1) is 24.0 Å². The van der Waals surface area contributed by atoms with Crippen LogP contribution in [0.2, 0.25) is 0 Å². The van der Waals surface area contributed by atoms with E-state index in [1.807, 2.05) is 16.3 Å². The molecule has 2 aliphatic rings. The number of morpholine rings is 1. The summed E-state index contributed by atoms with van der Waals surface area (Å²) in [5.74, 6) is 0.149. The fourth-order valence-electron chi connectivity index (χ4n) is 2.76. The van der Waals surface area contributed by atoms with Gasteiger partial charge in [0.2, 0.25) is 0 Å². The molecule has 0 spiro atoms. The van der Waals surface area contributed by atoms with Gasteiger partial charge in [0.05, 0.1) is 23.6 Å². The minimum absolute atomic E-state index is 0.149. The molecule has 1 aliphatic carbocycles. The lowest BCUT2D eigenvalue weighted by molar-refractivity contribution is -0.0443. The molecule has 3 rings (SSSR count). The number of ether oxygens (including phenoxy) is 1. The van der Waals surface area contributed by atoms with Gasteiger partial charge in [-0.05, 0) is 25.3 Å². The molecular weight excluding hydrogens is 254 g/mol. The van der Waals surface area contributed by atoms with Crippen molar-refractivity contribution < 1.29 is 9.53 Å². The summed E-state index contributed by atoms with van der Waals surface area (Å²) in [4.78, 5) is 16.1. The Hall–Kier alpha value is -0.520. The number of thiophene rings is 1. The SMILES string of the molecule is O=C(c1cc(S)cs1)N1CCOC2CCCC21. The number of fused-ring (bicyclic) bond motifs is 1. The van der Waals surface area contributed by atoms with Gasteiger partial charge in [-0.2, -0.15) is 0 Å². The summed E-state index contributed by atoms with van der Waals surface area (Å²) in [6, 6.07) is 2.15. The first-order valence-corrected chi connectivity index (χ1v) is 7.28. The summed E-state index contributed by atoms with van der Waals surface area (Å²) >= 11 is 5.73. The molecule has 1 saturated heterocycles. The summed E-state index contributed by atoms with van der Waals surface area (Å²) in [6.45, 7) is 1.39. The van der Waals surface area contributed by atoms with Gasteiger partial charge in [0.25, 0.3) is 5.91 Å². The van der Waals surface area contributed by atoms with Crippen molar-refractivity contribution in [2.75, 3.05) is 13.2 Å². The molecule has 1 aromatic rings. The van der Waals surface area contributed by atoms with Crippen molar-refractivity contribution in [1.82, 2.24) is 4.90 Å². The predicted octanol–water partition coefficient (Wildman–Crippen LogP) is 2.43. The number of rotatable bonds is 1. The van der Waals surface area contributed by atoms with Crippen LogP contribution in [0.1, 0.15) is 28.9 Å². The number of thiol groups is 1. The van der Waals surface area contributed by atoms with Gasteiger partial charge in [-0.3, -0.25) is 4.79 Å². The molecule has 0 radical (unpaired) electrons. The number of amides is 1. The molecular formula is C12H15NO2S2. The topological polar surface area (TPSA) is 29.5 Å². The van der Waals surface area contributed by atoms with E-state index in [2.05, 4.69) is 12.6 Å². The molecule has 2 atom stereocenters. The van der Waals surface area contributed by atoms with Crippen molar-refractivity contribution in [3.05, 3.63) is 16.3 Å². The highest BCUT2D eigenvalue weighted by atomic mass is 32.1. The number of hydrogen-bond acceptors (Lipinski definition) is 4. The molecule has 5 heteroatoms. The summed E-state index contributed by atoms with van der Waals surface area (Å²) in [7, 11) is 0. The highest BCUT2D eigenvalue weighted by molar-refractivity contribution is 7.80. The fourth-order valence-corrected chi connectivity index (χ4v) is 3.86. The average Bonchev–Trinajstić information content (AvgIpc) is 2.95. The van der Waals surface area contributed by atoms with Crippen LogP contribution in [0.3, 0.4) is 0 Å². The lowest BCUT2D eigenvalue weighted by atomic mass is 10.1. The minimum Gasteiger partial charge on any atom is -0.374 e. The third-order valence-corrected chi connectivity index (χ3v) is 4.89. The van der Waals surface area contributed by atoms with Gasteiger partial charge in [0, 0.05) is 16.8 Å². The summed E-state index contributed by atoms with van der Waals surface area (Å²) in [6.07, 6.45) is 3.61. The molecule has 3 nitrogen and oxygen atoms in total. The van der Waals surface area contributed by atoms with Gasteiger partial charge in [0.15, 0.2) is 0 Å². The first kappa shape index (κ1) is 11.6. The Kier molecular flexibility index (Phi) is 3.15. The Balaban J connectivity index is 1.81. The van der Waals surface area contributed by atoms with Crippen molar-refractivity contribution in [2.24, 2.45) is 0 Å². The zero-order valence-electron chi connectivity index (χ0n) is 9.46. The molecule has 1 saturated carbocycles. The quantitative estimate of drug-likeness (QED) is 0.794. The van der Waals surface area contributed by atoms with Gasteiger partial charge >= 0.3 is 0 Å². The van der Waals surface area contributed by atoms with Crippen LogP contribution in [-0.4, -0.2) is 36.1 Å². The van der Waals surface area contributed by atoms with E-state index in [0.717, 1.165) is 29.2 Å². The second-order valence-corrected chi connectivity index (χ2v) is 6.00. The Morgan fingerprint density at radius 1 is 1.53 bits per heavy atom. The Morgan fingerprint density at radius 3 is 3.18 bits per heavy atom. The van der Waals surface area contributed by atoms with Gasteiger partial charge in [-0.1, -0.05) is 0 Å². The monoisotopic (exact) mass is 269 g/mol. The fraction of sp³-hybridized carbons (Fsp3) is 0.583. The van der Waals surface area contributed by atoms with Crippen LogP contribution in [0, 0.1) is 0 Å². The Bertz CT molecular complexity index is 432. The van der Waals surface area contributed by atoms with E-state index < -0.39 is 0 Å². The first-order chi connectivity index (χ1) is 8.25. The molecule has 17 heavy (non-hydrogen) atoms. The van der Waals surface area contributed by atoms with E-state index >= 15 is 0 Å². The molecule has 1 aliphatic heterocycles. The minimum atomic E-state index is 0.149. The number of nitrogens with zero attached hydrogens (tertiary/aromatic N) is 1. The second kappa shape index (κ2) is 4.63. The van der Waals surface area contributed by atoms with Crippen LogP contribution in [-0.2, 0) is 4.74 Å². The molecule has 1 aromatic heterocycles. The third-order valence-electron chi connectivity index (χ3n) is 3.54. The largest absolute Gasteiger partial charge is 0.374 e. The van der Waals surface area contributed by atoms with Gasteiger partial charge < -0.3 is 9.64 Å². The zero-order valence-corrected chi connectivity index (χ0v) is 11.2. The van der Waals surface area contributed by atoms with Crippen molar-refractivity contribution in [2.45, 2.75) is 36.3 Å². The van der Waals surface area contributed by atoms with E-state index in [-0.39, 0.29) is 12.0 Å². The highest BCUT2D eigenvalue weighted by Gasteiger charge is 2.38. The molecule has 1 amide bonds. The van der Waals surface area contributed by atoms with Crippen molar-refractivity contribution in [3.8, 4) is 0 Å². The van der Waals surface area contributed by atoms with Crippen LogP contribution in [0.4, 0.5) is 0 Å². The van der Waals surface area contributed by atoms with Crippen LogP contribution in [0.15, 0.2) is 16.3 Å². The second-order valence-electron chi connectivity index (χ2n) is 4.58. The Labute approximate surface area is 110 Å². The molecule has 0 N–H and O–H groups in total. The molecule has 0 aromatic carbocycles. The van der Waals surface area contributed by atoms with Crippen LogP contribution in [0.5, 0.6) is 0 Å². The molecule has 92 valence electrons. The molecule has 2 heterocycles. The predicted molar refractivity (Wildman–Crippen MR) is 70.0 cm³/mol. The maximum Gasteiger partial charge on any atom is 0.264 e. The Morgan fingerprint density at radius 2 is 2.41 bits per heavy atom. The number of carbonyl (C=O) groups is 1. The molecule has 2 unspecified atom stereocenters. The van der Waals surface area contributed by atoms with E-state index in [9.17, 15) is 4.79 Å². The average molecular weight is 269 g/mol. The summed E-state index contributed by atoms with van der Waals surface area (Å²) < 4.78 is 5.72. The van der Waals surface area contributed by atoms with Gasteiger partial charge in [0.1, 0.15) is 0 Å². The van der Waals surface area contributed by atoms with Gasteiger partial charge in [-0.25, -0.2) is 0 Å². The van der Waals surface area contributed by atoms with Crippen LogP contribution >= 0.6 is 24.0 Å². The van der Waals surface area contributed by atoms with Crippen LogP contribution in [0.25, 0.3) is 0 Å². The smallest absolute Gasteiger partial charge is 0.264 e. The van der Waals surface area contributed by atoms with E-state index in [1.54, 1.807) is 0 Å². The molecule has 0 bridgehead atoms. The van der Waals surface area contributed by atoms with E-state index in [4.69, 9.17) is 4.74 Å². The van der Waals surface area contributed by atoms with Crippen LogP contribution < -0.4 is 0 Å². The maximum absolute atomic E-state index is 12.4.